The molecule has 2 N–H and O–H groups in total. The van der Waals surface area contributed by atoms with E-state index >= 15 is 0 Å². The molecule has 0 fully saturated rings. The van der Waals surface area contributed by atoms with Gasteiger partial charge in [0.2, 0.25) is 0 Å². The maximum absolute atomic E-state index is 12.8. The zero-order valence-electron chi connectivity index (χ0n) is 22.2. The van der Waals surface area contributed by atoms with Gasteiger partial charge in [-0.2, -0.15) is 0 Å². The first-order chi connectivity index (χ1) is 18.4. The van der Waals surface area contributed by atoms with E-state index in [1.165, 1.54) is 0 Å². The van der Waals surface area contributed by atoms with Gasteiger partial charge in [-0.1, -0.05) is 44.0 Å². The fourth-order valence-corrected chi connectivity index (χ4v) is 4.36. The molecule has 1 unspecified atom stereocenters. The van der Waals surface area contributed by atoms with Gasteiger partial charge in [-0.3, -0.25) is 19.8 Å². The molecule has 0 aliphatic carbocycles. The number of unbranched alkanes of at least 4 members (excludes halogenated alkanes) is 1. The Balaban J connectivity index is 1.82. The minimum atomic E-state index is 0.0646. The summed E-state index contributed by atoms with van der Waals surface area (Å²) in [5, 5.41) is 13.2. The van der Waals surface area contributed by atoms with Gasteiger partial charge in [0.1, 0.15) is 5.75 Å². The Kier molecular flexibility index (Phi) is 12.2. The molecule has 0 bridgehead atoms. The lowest BCUT2D eigenvalue weighted by atomic mass is 9.89. The fourth-order valence-electron chi connectivity index (χ4n) is 4.13. The van der Waals surface area contributed by atoms with E-state index in [-0.39, 0.29) is 17.5 Å². The number of hydrogen-bond donors (Lipinski definition) is 2. The number of halogens is 1. The van der Waals surface area contributed by atoms with Crippen LogP contribution in [0.3, 0.4) is 0 Å². The molecule has 6 nitrogen and oxygen atoms in total. The average Bonchev–Trinajstić information content (AvgIpc) is 2.92. The number of aliphatic imine (C=N–C) groups is 2. The van der Waals surface area contributed by atoms with Gasteiger partial charge in [0.15, 0.2) is 5.78 Å². The Bertz CT molecular complexity index is 1220. The first kappa shape index (κ1) is 29.2. The molecule has 7 heteroatoms. The standard InChI is InChI=1S/C31H37BrN4O2/c1-3-4-9-26(12-14-28(37)13-11-24-7-5-10-29(38)18-24)31-19-27(35-21-25-8-6-16-33-20-25)15-17-34-22-30(32)23(2)36-31/h5-8,10-11,13,16,18-20,22,26,35,38H,3-4,9,12,14-15,17,21H2,1-2H3/b13-11+,27-19+,30-23-,34-22?,36-31+. The minimum Gasteiger partial charge on any atom is -0.508 e. The maximum atomic E-state index is 12.8. The molecule has 0 saturated carbocycles. The Morgan fingerprint density at radius 1 is 1.24 bits per heavy atom. The molecule has 1 aromatic heterocycles. The molecule has 38 heavy (non-hydrogen) atoms. The molecule has 2 heterocycles. The summed E-state index contributed by atoms with van der Waals surface area (Å²) in [6.45, 7) is 5.51. The summed E-state index contributed by atoms with van der Waals surface area (Å²) in [6.07, 6.45) is 16.0. The van der Waals surface area contributed by atoms with Crippen molar-refractivity contribution in [2.45, 2.75) is 58.9 Å². The van der Waals surface area contributed by atoms with Crippen LogP contribution >= 0.6 is 15.9 Å². The van der Waals surface area contributed by atoms with Crippen molar-refractivity contribution in [3.8, 4) is 5.75 Å². The highest BCUT2D eigenvalue weighted by atomic mass is 79.9. The number of nitrogens with one attached hydrogen (secondary N) is 1. The van der Waals surface area contributed by atoms with Gasteiger partial charge < -0.3 is 10.4 Å². The van der Waals surface area contributed by atoms with E-state index in [1.54, 1.807) is 36.5 Å². The number of carbonyl (C=O) groups is 1. The van der Waals surface area contributed by atoms with Gasteiger partial charge >= 0.3 is 0 Å². The molecule has 0 amide bonds. The number of allylic oxidation sites excluding steroid dienone is 4. The van der Waals surface area contributed by atoms with Crippen molar-refractivity contribution in [1.29, 1.82) is 0 Å². The summed E-state index contributed by atoms with van der Waals surface area (Å²) in [5.74, 6) is 0.400. The first-order valence-corrected chi connectivity index (χ1v) is 14.0. The topological polar surface area (TPSA) is 86.9 Å². The van der Waals surface area contributed by atoms with E-state index in [2.05, 4.69) is 50.3 Å². The van der Waals surface area contributed by atoms with E-state index in [4.69, 9.17) is 4.99 Å². The monoisotopic (exact) mass is 576 g/mol. The van der Waals surface area contributed by atoms with E-state index in [9.17, 15) is 9.90 Å². The van der Waals surface area contributed by atoms with Crippen molar-refractivity contribution >= 4 is 39.7 Å². The number of hydrogen-bond acceptors (Lipinski definition) is 6. The number of benzene rings is 1. The largest absolute Gasteiger partial charge is 0.508 e. The van der Waals surface area contributed by atoms with Gasteiger partial charge in [0, 0.05) is 61.9 Å². The van der Waals surface area contributed by atoms with Crippen LogP contribution in [-0.4, -0.2) is 34.3 Å². The summed E-state index contributed by atoms with van der Waals surface area (Å²) >= 11 is 3.61. The Hall–Kier alpha value is -3.32. The molecular formula is C31H37BrN4O2. The SMILES string of the molecule is CCCCC(CCC(=O)/C=C/c1cccc(O)c1)C1=N/C(C)=C(\Br)C=NCC/C(NCc2cccnc2)=C\1. The second-order valence-corrected chi connectivity index (χ2v) is 10.3. The first-order valence-electron chi connectivity index (χ1n) is 13.2. The van der Waals surface area contributed by atoms with Crippen molar-refractivity contribution < 1.29 is 9.90 Å². The van der Waals surface area contributed by atoms with Crippen LogP contribution in [0, 0.1) is 5.92 Å². The Morgan fingerprint density at radius 2 is 2.11 bits per heavy atom. The van der Waals surface area contributed by atoms with Crippen LogP contribution < -0.4 is 5.32 Å². The van der Waals surface area contributed by atoms with Crippen molar-refractivity contribution in [2.24, 2.45) is 15.9 Å². The maximum Gasteiger partial charge on any atom is 0.155 e. The number of phenolic OH excluding ortho intramolecular Hbond substituents is 1. The van der Waals surface area contributed by atoms with E-state index < -0.39 is 0 Å². The van der Waals surface area contributed by atoms with Crippen LogP contribution in [0.1, 0.15) is 63.5 Å². The van der Waals surface area contributed by atoms with E-state index in [0.29, 0.717) is 25.9 Å². The Morgan fingerprint density at radius 3 is 2.87 bits per heavy atom. The van der Waals surface area contributed by atoms with Gasteiger partial charge in [0.05, 0.1) is 10.2 Å². The predicted octanol–water partition coefficient (Wildman–Crippen LogP) is 7.17. The van der Waals surface area contributed by atoms with Crippen LogP contribution in [0.4, 0.5) is 0 Å². The Labute approximate surface area is 234 Å². The molecule has 1 atom stereocenters. The highest BCUT2D eigenvalue weighted by Gasteiger charge is 2.18. The van der Waals surface area contributed by atoms with Crippen LogP contribution in [0.5, 0.6) is 5.75 Å². The minimum absolute atomic E-state index is 0.0646. The second-order valence-electron chi connectivity index (χ2n) is 9.41. The molecule has 1 aliphatic heterocycles. The molecule has 1 aromatic carbocycles. The van der Waals surface area contributed by atoms with Crippen molar-refractivity contribution in [1.82, 2.24) is 10.3 Å². The second kappa shape index (κ2) is 15.8. The third kappa shape index (κ3) is 10.2. The molecule has 0 saturated heterocycles. The van der Waals surface area contributed by atoms with Crippen molar-refractivity contribution in [3.05, 3.63) is 87.9 Å². The third-order valence-corrected chi connectivity index (χ3v) is 7.10. The molecule has 3 rings (SSSR count). The lowest BCUT2D eigenvalue weighted by Crippen LogP contribution is -2.20. The number of aromatic hydroxyl groups is 1. The summed E-state index contributed by atoms with van der Waals surface area (Å²) in [5.41, 5.74) is 4.84. The number of ketones is 1. The van der Waals surface area contributed by atoms with Crippen molar-refractivity contribution in [2.75, 3.05) is 6.54 Å². The third-order valence-electron chi connectivity index (χ3n) is 6.32. The van der Waals surface area contributed by atoms with Crippen LogP contribution in [-0.2, 0) is 11.3 Å². The predicted molar refractivity (Wildman–Crippen MR) is 161 cm³/mol. The normalized spacial score (nSPS) is 19.9. The van der Waals surface area contributed by atoms with Gasteiger partial charge in [-0.25, -0.2) is 0 Å². The molecule has 200 valence electrons. The number of aromatic nitrogens is 1. The quantitative estimate of drug-likeness (QED) is 0.262. The lowest BCUT2D eigenvalue weighted by Gasteiger charge is -2.20. The van der Waals surface area contributed by atoms with Crippen molar-refractivity contribution in [3.63, 3.8) is 0 Å². The number of rotatable bonds is 12. The molecular weight excluding hydrogens is 540 g/mol. The number of pyridine rings is 1. The number of carbonyl (C=O) groups excluding carboxylic acids is 1. The summed E-state index contributed by atoms with van der Waals surface area (Å²) in [6, 6.07) is 10.9. The molecule has 0 radical (unpaired) electrons. The number of nitrogens with zero attached hydrogens (tertiary/aromatic N) is 3. The summed E-state index contributed by atoms with van der Waals surface area (Å²) in [7, 11) is 0. The summed E-state index contributed by atoms with van der Waals surface area (Å²) < 4.78 is 0.870. The zero-order chi connectivity index (χ0) is 27.2. The average molecular weight is 578 g/mol. The smallest absolute Gasteiger partial charge is 0.155 e. The molecule has 1 aliphatic rings. The number of phenols is 1. The van der Waals surface area contributed by atoms with Crippen LogP contribution in [0.15, 0.2) is 86.8 Å². The molecule has 0 spiro atoms. The van der Waals surface area contributed by atoms with E-state index in [0.717, 1.165) is 58.4 Å². The van der Waals surface area contributed by atoms with Gasteiger partial charge in [0.25, 0.3) is 0 Å². The highest BCUT2D eigenvalue weighted by Crippen LogP contribution is 2.23. The van der Waals surface area contributed by atoms with Gasteiger partial charge in [-0.05, 0) is 77.2 Å². The van der Waals surface area contributed by atoms with Gasteiger partial charge in [-0.15, -0.1) is 0 Å². The van der Waals surface area contributed by atoms with Crippen LogP contribution in [0.25, 0.3) is 6.08 Å². The fraction of sp³-hybridized carbons (Fsp3) is 0.355. The summed E-state index contributed by atoms with van der Waals surface area (Å²) in [4.78, 5) is 26.6. The zero-order valence-corrected chi connectivity index (χ0v) is 23.8. The lowest BCUT2D eigenvalue weighted by molar-refractivity contribution is -0.114. The van der Waals surface area contributed by atoms with E-state index in [1.807, 2.05) is 31.5 Å². The highest BCUT2D eigenvalue weighted by molar-refractivity contribution is 9.12. The molecule has 2 aromatic rings. The van der Waals surface area contributed by atoms with Crippen LogP contribution in [0.2, 0.25) is 0 Å².